The van der Waals surface area contributed by atoms with Crippen LogP contribution in [0.4, 0.5) is 4.79 Å². The van der Waals surface area contributed by atoms with E-state index in [0.717, 1.165) is 35.9 Å². The summed E-state index contributed by atoms with van der Waals surface area (Å²) in [5, 5.41) is 6.67. The average molecular weight is 385 g/mol. The predicted octanol–water partition coefficient (Wildman–Crippen LogP) is 3.17. The van der Waals surface area contributed by atoms with E-state index in [-0.39, 0.29) is 5.91 Å². The van der Waals surface area contributed by atoms with Gasteiger partial charge in [0.15, 0.2) is 0 Å². The van der Waals surface area contributed by atoms with Gasteiger partial charge in [0.2, 0.25) is 5.91 Å². The first-order chi connectivity index (χ1) is 13.3. The topological polar surface area (TPSA) is 106 Å². The fourth-order valence-corrected chi connectivity index (χ4v) is 2.39. The molecule has 0 saturated heterocycles. The number of unbranched alkanes of at least 4 members (excludes halogenated alkanes) is 2. The molecule has 0 unspecified atom stereocenters. The molecule has 28 heavy (non-hydrogen) atoms. The fourth-order valence-electron chi connectivity index (χ4n) is 2.39. The number of rotatable bonds is 8. The van der Waals surface area contributed by atoms with Crippen molar-refractivity contribution in [1.82, 2.24) is 20.7 Å². The summed E-state index contributed by atoms with van der Waals surface area (Å²) in [6, 6.07) is 5.58. The van der Waals surface area contributed by atoms with Crippen molar-refractivity contribution < 1.29 is 14.3 Å². The third-order valence-corrected chi connectivity index (χ3v) is 3.65. The number of hydrazone groups is 1. The maximum Gasteiger partial charge on any atom is 0.407 e. The third-order valence-electron chi connectivity index (χ3n) is 3.65. The molecular formula is C20H27N5O3. The van der Waals surface area contributed by atoms with Crippen LogP contribution in [0.1, 0.15) is 52.0 Å². The number of carbonyl (C=O) groups is 2. The molecule has 0 spiro atoms. The molecule has 8 heteroatoms. The van der Waals surface area contributed by atoms with Crippen molar-refractivity contribution in [2.75, 3.05) is 6.54 Å². The second-order valence-electron chi connectivity index (χ2n) is 7.34. The van der Waals surface area contributed by atoms with E-state index < -0.39 is 11.7 Å². The van der Waals surface area contributed by atoms with Crippen LogP contribution in [0.25, 0.3) is 11.0 Å². The monoisotopic (exact) mass is 385 g/mol. The zero-order valence-corrected chi connectivity index (χ0v) is 16.6. The molecule has 0 aliphatic heterocycles. The first-order valence-electron chi connectivity index (χ1n) is 9.33. The summed E-state index contributed by atoms with van der Waals surface area (Å²) in [6.45, 7) is 5.99. The van der Waals surface area contributed by atoms with Crippen LogP contribution < -0.4 is 10.7 Å². The van der Waals surface area contributed by atoms with Gasteiger partial charge >= 0.3 is 6.09 Å². The molecular weight excluding hydrogens is 358 g/mol. The largest absolute Gasteiger partial charge is 0.444 e. The molecule has 2 aromatic rings. The number of alkyl carbamates (subject to hydrolysis) is 1. The van der Waals surface area contributed by atoms with E-state index in [1.807, 2.05) is 39.0 Å². The highest BCUT2D eigenvalue weighted by Crippen LogP contribution is 2.09. The number of hydrogen-bond acceptors (Lipinski definition) is 6. The normalized spacial score (nSPS) is 11.5. The number of hydrogen-bond donors (Lipinski definition) is 2. The first kappa shape index (κ1) is 21.3. The quantitative estimate of drug-likeness (QED) is 0.412. The summed E-state index contributed by atoms with van der Waals surface area (Å²) in [5.74, 6) is -0.142. The van der Waals surface area contributed by atoms with Crippen molar-refractivity contribution in [3.63, 3.8) is 0 Å². The molecule has 2 amide bonds. The maximum atomic E-state index is 11.8. The van der Waals surface area contributed by atoms with Gasteiger partial charge in [-0.15, -0.1) is 0 Å². The predicted molar refractivity (Wildman–Crippen MR) is 108 cm³/mol. The van der Waals surface area contributed by atoms with Crippen LogP contribution >= 0.6 is 0 Å². The summed E-state index contributed by atoms with van der Waals surface area (Å²) in [4.78, 5) is 31.7. The lowest BCUT2D eigenvalue weighted by Gasteiger charge is -2.19. The molecule has 0 aliphatic carbocycles. The Morgan fingerprint density at radius 3 is 2.61 bits per heavy atom. The molecule has 0 atom stereocenters. The third kappa shape index (κ3) is 8.11. The van der Waals surface area contributed by atoms with Crippen molar-refractivity contribution in [2.24, 2.45) is 5.10 Å². The summed E-state index contributed by atoms with van der Waals surface area (Å²) in [5.41, 5.74) is 4.44. The number of nitrogens with zero attached hydrogens (tertiary/aromatic N) is 3. The Morgan fingerprint density at radius 1 is 1.11 bits per heavy atom. The number of carbonyl (C=O) groups excluding carboxylic acids is 2. The SMILES string of the molecule is CC(C)(C)OC(=O)NCCCCCC(=O)N/N=C\c1ccc2nccnc2c1. The van der Waals surface area contributed by atoms with Gasteiger partial charge in [0.25, 0.3) is 0 Å². The zero-order chi connectivity index (χ0) is 20.4. The highest BCUT2D eigenvalue weighted by molar-refractivity contribution is 5.87. The Morgan fingerprint density at radius 2 is 1.86 bits per heavy atom. The van der Waals surface area contributed by atoms with E-state index in [1.165, 1.54) is 0 Å². The summed E-state index contributed by atoms with van der Waals surface area (Å²) in [7, 11) is 0. The van der Waals surface area contributed by atoms with Gasteiger partial charge < -0.3 is 10.1 Å². The van der Waals surface area contributed by atoms with Gasteiger partial charge in [-0.3, -0.25) is 14.8 Å². The minimum absolute atomic E-state index is 0.142. The molecule has 0 fully saturated rings. The van der Waals surface area contributed by atoms with Crippen LogP contribution in [0.5, 0.6) is 0 Å². The van der Waals surface area contributed by atoms with Crippen molar-refractivity contribution in [3.05, 3.63) is 36.2 Å². The number of benzene rings is 1. The van der Waals surface area contributed by atoms with Crippen molar-refractivity contribution >= 4 is 29.2 Å². The minimum atomic E-state index is -0.497. The van der Waals surface area contributed by atoms with Gasteiger partial charge in [0.05, 0.1) is 17.2 Å². The van der Waals surface area contributed by atoms with Crippen LogP contribution in [0, 0.1) is 0 Å². The molecule has 0 aliphatic rings. The smallest absolute Gasteiger partial charge is 0.407 e. The Bertz CT molecular complexity index is 830. The van der Waals surface area contributed by atoms with Crippen molar-refractivity contribution in [3.8, 4) is 0 Å². The molecule has 8 nitrogen and oxygen atoms in total. The molecule has 0 bridgehead atoms. The van der Waals surface area contributed by atoms with Crippen LogP contribution in [-0.2, 0) is 9.53 Å². The second kappa shape index (κ2) is 10.3. The highest BCUT2D eigenvalue weighted by atomic mass is 16.6. The standard InChI is InChI=1S/C20H27N5O3/c1-20(2,3)28-19(27)23-10-6-4-5-7-18(26)25-24-14-15-8-9-16-17(13-15)22-12-11-21-16/h8-9,11-14H,4-7,10H2,1-3H3,(H,23,27)(H,25,26)/b24-14-. The second-order valence-corrected chi connectivity index (χ2v) is 7.34. The Labute approximate surface area is 164 Å². The molecule has 0 radical (unpaired) electrons. The van der Waals surface area contributed by atoms with E-state index in [4.69, 9.17) is 4.74 Å². The minimum Gasteiger partial charge on any atom is -0.444 e. The molecule has 1 aromatic carbocycles. The van der Waals surface area contributed by atoms with Gasteiger partial charge in [0, 0.05) is 25.4 Å². The summed E-state index contributed by atoms with van der Waals surface area (Å²) in [6.07, 6.45) is 7.16. The Hall–Kier alpha value is -3.03. The van der Waals surface area contributed by atoms with E-state index in [2.05, 4.69) is 25.8 Å². The number of nitrogens with one attached hydrogen (secondary N) is 2. The highest BCUT2D eigenvalue weighted by Gasteiger charge is 2.15. The molecule has 2 N–H and O–H groups in total. The van der Waals surface area contributed by atoms with Crippen LogP contribution in [0.2, 0.25) is 0 Å². The lowest BCUT2D eigenvalue weighted by atomic mass is 10.2. The Kier molecular flexibility index (Phi) is 7.86. The van der Waals surface area contributed by atoms with Crippen LogP contribution in [0.3, 0.4) is 0 Å². The van der Waals surface area contributed by atoms with Gasteiger partial charge in [0.1, 0.15) is 5.60 Å². The maximum absolute atomic E-state index is 11.8. The first-order valence-corrected chi connectivity index (χ1v) is 9.33. The molecule has 2 rings (SSSR count). The molecule has 1 aromatic heterocycles. The van der Waals surface area contributed by atoms with Crippen LogP contribution in [0.15, 0.2) is 35.7 Å². The van der Waals surface area contributed by atoms with Gasteiger partial charge in [-0.1, -0.05) is 12.5 Å². The van der Waals surface area contributed by atoms with E-state index >= 15 is 0 Å². The van der Waals surface area contributed by atoms with E-state index in [0.29, 0.717) is 13.0 Å². The lowest BCUT2D eigenvalue weighted by Crippen LogP contribution is -2.33. The van der Waals surface area contributed by atoms with Gasteiger partial charge in [-0.05, 0) is 51.3 Å². The summed E-state index contributed by atoms with van der Waals surface area (Å²) < 4.78 is 5.15. The fraction of sp³-hybridized carbons (Fsp3) is 0.450. The number of aromatic nitrogens is 2. The van der Waals surface area contributed by atoms with Gasteiger partial charge in [-0.2, -0.15) is 5.10 Å². The number of fused-ring (bicyclic) bond motifs is 1. The number of ether oxygens (including phenoxy) is 1. The van der Waals surface area contributed by atoms with E-state index in [9.17, 15) is 9.59 Å². The summed E-state index contributed by atoms with van der Waals surface area (Å²) >= 11 is 0. The molecule has 150 valence electrons. The zero-order valence-electron chi connectivity index (χ0n) is 16.6. The van der Waals surface area contributed by atoms with E-state index in [1.54, 1.807) is 18.6 Å². The van der Waals surface area contributed by atoms with Crippen molar-refractivity contribution in [2.45, 2.75) is 52.1 Å². The molecule has 0 saturated carbocycles. The van der Waals surface area contributed by atoms with Gasteiger partial charge in [-0.25, -0.2) is 10.2 Å². The van der Waals surface area contributed by atoms with Crippen LogP contribution in [-0.4, -0.2) is 40.3 Å². The Balaban J connectivity index is 1.59. The number of amides is 2. The molecule has 1 heterocycles. The lowest BCUT2D eigenvalue weighted by molar-refractivity contribution is -0.121. The van der Waals surface area contributed by atoms with Crippen molar-refractivity contribution in [1.29, 1.82) is 0 Å². The average Bonchev–Trinajstić information content (AvgIpc) is 2.63.